The van der Waals surface area contributed by atoms with Crippen molar-refractivity contribution >= 4 is 17.7 Å². The SMILES string of the molecule is Cn1cc(SCCC(N)(C(N)=O)c2ccccc2)cn1. The lowest BCUT2D eigenvalue weighted by molar-refractivity contribution is -0.123. The maximum absolute atomic E-state index is 11.7. The molecule has 0 bridgehead atoms. The van der Waals surface area contributed by atoms with Gasteiger partial charge in [-0.05, 0) is 12.0 Å². The number of benzene rings is 1. The van der Waals surface area contributed by atoms with E-state index in [0.717, 1.165) is 10.5 Å². The zero-order valence-corrected chi connectivity index (χ0v) is 12.1. The molecule has 0 spiro atoms. The summed E-state index contributed by atoms with van der Waals surface area (Å²) >= 11 is 1.61. The van der Waals surface area contributed by atoms with Gasteiger partial charge in [-0.1, -0.05) is 30.3 Å². The number of aromatic nitrogens is 2. The van der Waals surface area contributed by atoms with Gasteiger partial charge in [-0.3, -0.25) is 9.48 Å². The Labute approximate surface area is 122 Å². The molecule has 1 unspecified atom stereocenters. The Bertz CT molecular complexity index is 584. The zero-order valence-electron chi connectivity index (χ0n) is 11.3. The van der Waals surface area contributed by atoms with Crippen LogP contribution in [-0.4, -0.2) is 21.4 Å². The lowest BCUT2D eigenvalue weighted by atomic mass is 9.88. The molecule has 0 aliphatic carbocycles. The van der Waals surface area contributed by atoms with Gasteiger partial charge in [0.15, 0.2) is 0 Å². The first-order chi connectivity index (χ1) is 9.52. The number of rotatable bonds is 6. The molecular formula is C14H18N4OS. The number of nitrogens with two attached hydrogens (primary N) is 2. The van der Waals surface area contributed by atoms with Gasteiger partial charge in [-0.15, -0.1) is 11.8 Å². The van der Waals surface area contributed by atoms with E-state index in [1.165, 1.54) is 0 Å². The van der Waals surface area contributed by atoms with E-state index in [-0.39, 0.29) is 0 Å². The van der Waals surface area contributed by atoms with Crippen molar-refractivity contribution in [3.05, 3.63) is 48.3 Å². The van der Waals surface area contributed by atoms with E-state index in [9.17, 15) is 4.79 Å². The van der Waals surface area contributed by atoms with Crippen molar-refractivity contribution in [2.75, 3.05) is 5.75 Å². The molecule has 0 saturated carbocycles. The summed E-state index contributed by atoms with van der Waals surface area (Å²) in [5, 5.41) is 4.10. The fraction of sp³-hybridized carbons (Fsp3) is 0.286. The van der Waals surface area contributed by atoms with E-state index in [0.29, 0.717) is 12.2 Å². The van der Waals surface area contributed by atoms with E-state index in [4.69, 9.17) is 11.5 Å². The van der Waals surface area contributed by atoms with Crippen molar-refractivity contribution in [3.63, 3.8) is 0 Å². The molecule has 4 N–H and O–H groups in total. The van der Waals surface area contributed by atoms with Crippen LogP contribution in [0.4, 0.5) is 0 Å². The number of aryl methyl sites for hydroxylation is 1. The van der Waals surface area contributed by atoms with Crippen LogP contribution in [0.5, 0.6) is 0 Å². The Morgan fingerprint density at radius 1 is 1.40 bits per heavy atom. The topological polar surface area (TPSA) is 86.9 Å². The van der Waals surface area contributed by atoms with Crippen LogP contribution in [-0.2, 0) is 17.4 Å². The molecule has 5 nitrogen and oxygen atoms in total. The average molecular weight is 290 g/mol. The molecule has 0 fully saturated rings. The highest BCUT2D eigenvalue weighted by Gasteiger charge is 2.33. The number of hydrogen-bond donors (Lipinski definition) is 2. The zero-order chi connectivity index (χ0) is 14.6. The van der Waals surface area contributed by atoms with Crippen LogP contribution in [0, 0.1) is 0 Å². The van der Waals surface area contributed by atoms with Gasteiger partial charge in [-0.2, -0.15) is 5.10 Å². The first-order valence-corrected chi connectivity index (χ1v) is 7.27. The minimum atomic E-state index is -1.13. The molecule has 2 aromatic rings. The summed E-state index contributed by atoms with van der Waals surface area (Å²) in [6.07, 6.45) is 4.19. The summed E-state index contributed by atoms with van der Waals surface area (Å²) in [5.41, 5.74) is 11.3. The molecule has 1 amide bonds. The fourth-order valence-electron chi connectivity index (χ4n) is 1.95. The van der Waals surface area contributed by atoms with Gasteiger partial charge in [0, 0.05) is 23.9 Å². The molecule has 0 saturated heterocycles. The largest absolute Gasteiger partial charge is 0.368 e. The second-order valence-electron chi connectivity index (χ2n) is 4.65. The van der Waals surface area contributed by atoms with E-state index in [1.54, 1.807) is 22.6 Å². The molecule has 1 atom stereocenters. The predicted octanol–water partition coefficient (Wildman–Crippen LogP) is 1.24. The quantitative estimate of drug-likeness (QED) is 0.784. The molecule has 2 rings (SSSR count). The van der Waals surface area contributed by atoms with Crippen LogP contribution in [0.15, 0.2) is 47.6 Å². The Morgan fingerprint density at radius 3 is 2.65 bits per heavy atom. The van der Waals surface area contributed by atoms with Crippen molar-refractivity contribution in [3.8, 4) is 0 Å². The number of nitrogens with zero attached hydrogens (tertiary/aromatic N) is 2. The van der Waals surface area contributed by atoms with E-state index < -0.39 is 11.4 Å². The summed E-state index contributed by atoms with van der Waals surface area (Å²) in [7, 11) is 1.87. The first-order valence-electron chi connectivity index (χ1n) is 6.28. The third-order valence-corrected chi connectivity index (χ3v) is 4.13. The summed E-state index contributed by atoms with van der Waals surface area (Å²) in [5.74, 6) is 0.190. The van der Waals surface area contributed by atoms with Crippen molar-refractivity contribution in [1.82, 2.24) is 9.78 Å². The predicted molar refractivity (Wildman–Crippen MR) is 80.1 cm³/mol. The third-order valence-electron chi connectivity index (χ3n) is 3.17. The molecule has 1 aromatic heterocycles. The lowest BCUT2D eigenvalue weighted by Crippen LogP contribution is -2.49. The summed E-state index contributed by atoms with van der Waals surface area (Å²) in [4.78, 5) is 12.8. The van der Waals surface area contributed by atoms with E-state index in [1.807, 2.05) is 43.6 Å². The van der Waals surface area contributed by atoms with Gasteiger partial charge < -0.3 is 11.5 Å². The number of thioether (sulfide) groups is 1. The summed E-state index contributed by atoms with van der Waals surface area (Å²) in [6, 6.07) is 9.26. The Kier molecular flexibility index (Phi) is 4.46. The van der Waals surface area contributed by atoms with Crippen molar-refractivity contribution in [2.45, 2.75) is 16.9 Å². The highest BCUT2D eigenvalue weighted by atomic mass is 32.2. The van der Waals surface area contributed by atoms with Crippen LogP contribution < -0.4 is 11.5 Å². The van der Waals surface area contributed by atoms with Gasteiger partial charge in [0.1, 0.15) is 5.54 Å². The van der Waals surface area contributed by atoms with Crippen molar-refractivity contribution < 1.29 is 4.79 Å². The van der Waals surface area contributed by atoms with Gasteiger partial charge in [-0.25, -0.2) is 0 Å². The van der Waals surface area contributed by atoms with Crippen LogP contribution in [0.25, 0.3) is 0 Å². The van der Waals surface area contributed by atoms with Gasteiger partial charge in [0.25, 0.3) is 0 Å². The minimum absolute atomic E-state index is 0.478. The van der Waals surface area contributed by atoms with Gasteiger partial charge in [0.2, 0.25) is 5.91 Å². The maximum atomic E-state index is 11.7. The average Bonchev–Trinajstić information content (AvgIpc) is 2.85. The van der Waals surface area contributed by atoms with Gasteiger partial charge in [0.05, 0.1) is 6.20 Å². The van der Waals surface area contributed by atoms with Crippen LogP contribution in [0.2, 0.25) is 0 Å². The Hall–Kier alpha value is -1.79. The maximum Gasteiger partial charge on any atom is 0.242 e. The van der Waals surface area contributed by atoms with E-state index in [2.05, 4.69) is 5.10 Å². The van der Waals surface area contributed by atoms with Crippen LogP contribution >= 0.6 is 11.8 Å². The lowest BCUT2D eigenvalue weighted by Gasteiger charge is -2.26. The highest BCUT2D eigenvalue weighted by Crippen LogP contribution is 2.26. The van der Waals surface area contributed by atoms with Crippen molar-refractivity contribution in [1.29, 1.82) is 0 Å². The summed E-state index contributed by atoms with van der Waals surface area (Å²) in [6.45, 7) is 0. The molecule has 6 heteroatoms. The standard InChI is InChI=1S/C14H18N4OS/c1-18-10-12(9-17-18)20-8-7-14(16,13(15)19)11-5-3-2-4-6-11/h2-6,9-10H,7-8,16H2,1H3,(H2,15,19). The molecule has 1 aromatic carbocycles. The highest BCUT2D eigenvalue weighted by molar-refractivity contribution is 7.99. The molecule has 20 heavy (non-hydrogen) atoms. The van der Waals surface area contributed by atoms with Crippen LogP contribution in [0.1, 0.15) is 12.0 Å². The molecule has 1 heterocycles. The number of carbonyl (C=O) groups excluding carboxylic acids is 1. The second kappa shape index (κ2) is 6.11. The first kappa shape index (κ1) is 14.6. The summed E-state index contributed by atoms with van der Waals surface area (Å²) < 4.78 is 1.74. The van der Waals surface area contributed by atoms with Crippen LogP contribution in [0.3, 0.4) is 0 Å². The van der Waals surface area contributed by atoms with Gasteiger partial charge >= 0.3 is 0 Å². The molecular weight excluding hydrogens is 272 g/mol. The Balaban J connectivity index is 2.05. The minimum Gasteiger partial charge on any atom is -0.368 e. The molecule has 0 aliphatic heterocycles. The Morgan fingerprint density at radius 2 is 2.10 bits per heavy atom. The third kappa shape index (κ3) is 3.20. The number of primary amides is 1. The second-order valence-corrected chi connectivity index (χ2v) is 5.82. The number of carbonyl (C=O) groups is 1. The number of hydrogen-bond acceptors (Lipinski definition) is 4. The smallest absolute Gasteiger partial charge is 0.242 e. The molecule has 0 aliphatic rings. The normalized spacial score (nSPS) is 13.9. The fourth-order valence-corrected chi connectivity index (χ4v) is 2.96. The number of amides is 1. The van der Waals surface area contributed by atoms with Crippen molar-refractivity contribution in [2.24, 2.45) is 18.5 Å². The van der Waals surface area contributed by atoms with E-state index >= 15 is 0 Å². The molecule has 106 valence electrons. The molecule has 0 radical (unpaired) electrons. The monoisotopic (exact) mass is 290 g/mol.